The summed E-state index contributed by atoms with van der Waals surface area (Å²) >= 11 is 1.67. The average Bonchev–Trinajstić information content (AvgIpc) is 3.17. The Labute approximate surface area is 173 Å². The van der Waals surface area contributed by atoms with E-state index in [-0.39, 0.29) is 5.91 Å². The van der Waals surface area contributed by atoms with Gasteiger partial charge in [-0.15, -0.1) is 11.8 Å². The van der Waals surface area contributed by atoms with Crippen LogP contribution >= 0.6 is 11.8 Å². The largest absolute Gasteiger partial charge is 0.326 e. The Morgan fingerprint density at radius 2 is 1.90 bits per heavy atom. The summed E-state index contributed by atoms with van der Waals surface area (Å²) in [7, 11) is 0. The van der Waals surface area contributed by atoms with Crippen LogP contribution in [-0.2, 0) is 4.79 Å². The first-order valence-corrected chi connectivity index (χ1v) is 10.5. The Morgan fingerprint density at radius 3 is 2.59 bits per heavy atom. The predicted molar refractivity (Wildman–Crippen MR) is 115 cm³/mol. The lowest BCUT2D eigenvalue weighted by Gasteiger charge is -2.28. The molecule has 1 aromatic heterocycles. The van der Waals surface area contributed by atoms with Crippen molar-refractivity contribution in [2.45, 2.75) is 31.7 Å². The number of fused-ring (bicyclic) bond motifs is 1. The molecule has 0 saturated carbocycles. The standard InChI is InChI=1S/C21H22N6OS/c1-12-5-10-17(13(2)11-12)23-20(28)18-14(3)22-21-24-25-26-27(21)19(18)15-6-8-16(29-4)9-7-15/h5-11,19H,1-4H3,(H,23,28)(H,22,24,26). The molecule has 3 aromatic rings. The summed E-state index contributed by atoms with van der Waals surface area (Å²) in [6, 6.07) is 13.7. The zero-order valence-corrected chi connectivity index (χ0v) is 17.5. The Hall–Kier alpha value is -3.13. The summed E-state index contributed by atoms with van der Waals surface area (Å²) in [4.78, 5) is 14.5. The number of tetrazole rings is 1. The zero-order chi connectivity index (χ0) is 20.5. The Morgan fingerprint density at radius 1 is 1.14 bits per heavy atom. The van der Waals surface area contributed by atoms with Crippen LogP contribution in [0.25, 0.3) is 0 Å². The fourth-order valence-electron chi connectivity index (χ4n) is 3.54. The Bertz CT molecular complexity index is 1100. The van der Waals surface area contributed by atoms with Gasteiger partial charge >= 0.3 is 0 Å². The third-order valence-corrected chi connectivity index (χ3v) is 5.76. The molecule has 2 heterocycles. The van der Waals surface area contributed by atoms with Crippen LogP contribution in [0.5, 0.6) is 0 Å². The number of carbonyl (C=O) groups is 1. The van der Waals surface area contributed by atoms with Gasteiger partial charge in [0.2, 0.25) is 5.95 Å². The molecule has 0 fully saturated rings. The van der Waals surface area contributed by atoms with E-state index in [1.807, 2.05) is 69.5 Å². The van der Waals surface area contributed by atoms with E-state index < -0.39 is 6.04 Å². The van der Waals surface area contributed by atoms with Crippen molar-refractivity contribution in [1.82, 2.24) is 20.2 Å². The highest BCUT2D eigenvalue weighted by Gasteiger charge is 2.34. The molecule has 0 aliphatic carbocycles. The summed E-state index contributed by atoms with van der Waals surface area (Å²) in [6.07, 6.45) is 2.03. The SMILES string of the molecule is CSc1ccc(C2C(C(=O)Nc3ccc(C)cc3C)=C(C)Nc3nnnn32)cc1. The maximum absolute atomic E-state index is 13.4. The van der Waals surface area contributed by atoms with Crippen LogP contribution in [-0.4, -0.2) is 32.4 Å². The molecule has 0 radical (unpaired) electrons. The van der Waals surface area contributed by atoms with Crippen LogP contribution in [0.1, 0.15) is 29.7 Å². The van der Waals surface area contributed by atoms with E-state index in [4.69, 9.17) is 0 Å². The van der Waals surface area contributed by atoms with Crippen molar-refractivity contribution in [2.75, 3.05) is 16.9 Å². The van der Waals surface area contributed by atoms with Gasteiger partial charge in [-0.3, -0.25) is 4.79 Å². The second-order valence-corrected chi connectivity index (χ2v) is 7.94. The van der Waals surface area contributed by atoms with Gasteiger partial charge in [0, 0.05) is 16.3 Å². The number of hydrogen-bond acceptors (Lipinski definition) is 6. The molecule has 0 bridgehead atoms. The highest BCUT2D eigenvalue weighted by molar-refractivity contribution is 7.98. The molecule has 0 spiro atoms. The molecule has 2 N–H and O–H groups in total. The second kappa shape index (κ2) is 7.71. The first-order valence-electron chi connectivity index (χ1n) is 9.26. The summed E-state index contributed by atoms with van der Waals surface area (Å²) < 4.78 is 1.65. The van der Waals surface area contributed by atoms with Gasteiger partial charge in [-0.2, -0.15) is 4.68 Å². The van der Waals surface area contributed by atoms with Gasteiger partial charge in [-0.25, -0.2) is 0 Å². The van der Waals surface area contributed by atoms with E-state index in [2.05, 4.69) is 26.2 Å². The van der Waals surface area contributed by atoms with Crippen LogP contribution < -0.4 is 10.6 Å². The minimum atomic E-state index is -0.414. The highest BCUT2D eigenvalue weighted by Crippen LogP contribution is 2.35. The van der Waals surface area contributed by atoms with Crippen LogP contribution in [0, 0.1) is 13.8 Å². The maximum atomic E-state index is 13.4. The van der Waals surface area contributed by atoms with Crippen molar-refractivity contribution in [3.8, 4) is 0 Å². The van der Waals surface area contributed by atoms with Crippen molar-refractivity contribution in [3.05, 3.63) is 70.4 Å². The molecule has 8 heteroatoms. The number of hydrogen-bond donors (Lipinski definition) is 2. The molecule has 0 saturated heterocycles. The molecule has 1 aliphatic rings. The van der Waals surface area contributed by atoms with Gasteiger partial charge in [0.25, 0.3) is 5.91 Å². The quantitative estimate of drug-likeness (QED) is 0.639. The van der Waals surface area contributed by atoms with Gasteiger partial charge in [0.15, 0.2) is 0 Å². The zero-order valence-electron chi connectivity index (χ0n) is 16.7. The minimum Gasteiger partial charge on any atom is -0.326 e. The van der Waals surface area contributed by atoms with E-state index in [1.54, 1.807) is 16.4 Å². The first kappa shape index (κ1) is 19.2. The summed E-state index contributed by atoms with van der Waals surface area (Å²) in [6.45, 7) is 5.89. The molecule has 7 nitrogen and oxygen atoms in total. The number of allylic oxidation sites excluding steroid dienone is 1. The third kappa shape index (κ3) is 3.63. The highest BCUT2D eigenvalue weighted by atomic mass is 32.2. The van der Waals surface area contributed by atoms with Crippen LogP contribution in [0.4, 0.5) is 11.6 Å². The summed E-state index contributed by atoms with van der Waals surface area (Å²) in [5, 5.41) is 18.2. The monoisotopic (exact) mass is 406 g/mol. The summed E-state index contributed by atoms with van der Waals surface area (Å²) in [5.74, 6) is 0.339. The van der Waals surface area contributed by atoms with Gasteiger partial charge in [0.1, 0.15) is 6.04 Å². The van der Waals surface area contributed by atoms with Crippen molar-refractivity contribution >= 4 is 29.3 Å². The molecule has 1 amide bonds. The van der Waals surface area contributed by atoms with Crippen molar-refractivity contribution < 1.29 is 4.79 Å². The number of nitrogens with one attached hydrogen (secondary N) is 2. The lowest BCUT2D eigenvalue weighted by Crippen LogP contribution is -2.31. The molecule has 1 unspecified atom stereocenters. The van der Waals surface area contributed by atoms with Gasteiger partial charge in [-0.05, 0) is 66.8 Å². The lowest BCUT2D eigenvalue weighted by molar-refractivity contribution is -0.113. The topological polar surface area (TPSA) is 84.7 Å². The van der Waals surface area contributed by atoms with E-state index in [0.29, 0.717) is 11.5 Å². The Kier molecular flexibility index (Phi) is 5.10. The minimum absolute atomic E-state index is 0.179. The third-order valence-electron chi connectivity index (χ3n) is 5.02. The van der Waals surface area contributed by atoms with E-state index in [0.717, 1.165) is 33.0 Å². The molecule has 148 valence electrons. The fraction of sp³-hybridized carbons (Fsp3) is 0.238. The van der Waals surface area contributed by atoms with Gasteiger partial charge in [-0.1, -0.05) is 34.9 Å². The van der Waals surface area contributed by atoms with Crippen molar-refractivity contribution in [2.24, 2.45) is 0 Å². The number of amides is 1. The molecular weight excluding hydrogens is 384 g/mol. The van der Waals surface area contributed by atoms with E-state index in [9.17, 15) is 4.79 Å². The van der Waals surface area contributed by atoms with Gasteiger partial charge in [0.05, 0.1) is 5.57 Å². The number of rotatable bonds is 4. The normalized spacial score (nSPS) is 15.7. The first-order chi connectivity index (χ1) is 14.0. The smallest absolute Gasteiger partial charge is 0.255 e. The van der Waals surface area contributed by atoms with Crippen molar-refractivity contribution in [3.63, 3.8) is 0 Å². The van der Waals surface area contributed by atoms with Crippen LogP contribution in [0.15, 0.2) is 58.6 Å². The lowest BCUT2D eigenvalue weighted by atomic mass is 9.95. The molecule has 2 aromatic carbocycles. The number of carbonyl (C=O) groups excluding carboxylic acids is 1. The number of nitrogens with zero attached hydrogens (tertiary/aromatic N) is 4. The Balaban J connectivity index is 1.75. The van der Waals surface area contributed by atoms with Gasteiger partial charge < -0.3 is 10.6 Å². The molecule has 1 aliphatic heterocycles. The molecular formula is C21H22N6OS. The van der Waals surface area contributed by atoms with Crippen LogP contribution in [0.2, 0.25) is 0 Å². The molecule has 29 heavy (non-hydrogen) atoms. The van der Waals surface area contributed by atoms with E-state index >= 15 is 0 Å². The number of thioether (sulfide) groups is 1. The number of aromatic nitrogens is 4. The second-order valence-electron chi connectivity index (χ2n) is 7.06. The number of benzene rings is 2. The maximum Gasteiger partial charge on any atom is 0.255 e. The van der Waals surface area contributed by atoms with Crippen molar-refractivity contribution in [1.29, 1.82) is 0 Å². The fourth-order valence-corrected chi connectivity index (χ4v) is 3.95. The number of aryl methyl sites for hydroxylation is 2. The number of anilines is 2. The predicted octanol–water partition coefficient (Wildman–Crippen LogP) is 3.94. The van der Waals surface area contributed by atoms with E-state index in [1.165, 1.54) is 0 Å². The molecule has 4 rings (SSSR count). The van der Waals surface area contributed by atoms with Crippen LogP contribution in [0.3, 0.4) is 0 Å². The molecule has 1 atom stereocenters. The summed E-state index contributed by atoms with van der Waals surface area (Å²) in [5.41, 5.74) is 5.22. The average molecular weight is 407 g/mol.